The number of alkyl halides is 1. The van der Waals surface area contributed by atoms with E-state index >= 15 is 0 Å². The topological polar surface area (TPSA) is 0 Å². The molecule has 0 aliphatic heterocycles. The van der Waals surface area contributed by atoms with Gasteiger partial charge in [-0.1, -0.05) is 58.4 Å². The molecule has 0 nitrogen and oxygen atoms in total. The van der Waals surface area contributed by atoms with Crippen LogP contribution in [0.25, 0.3) is 0 Å². The summed E-state index contributed by atoms with van der Waals surface area (Å²) in [5.74, 6) is -1.49. The van der Waals surface area contributed by atoms with Gasteiger partial charge in [0.1, 0.15) is 0 Å². The molecule has 1 atom stereocenters. The Morgan fingerprint density at radius 3 is 2.35 bits per heavy atom. The van der Waals surface area contributed by atoms with E-state index in [1.165, 1.54) is 5.56 Å². The van der Waals surface area contributed by atoms with Crippen LogP contribution in [0.2, 0.25) is 0 Å². The van der Waals surface area contributed by atoms with Crippen molar-refractivity contribution in [1.82, 2.24) is 0 Å². The molecule has 3 rings (SSSR count). The van der Waals surface area contributed by atoms with Gasteiger partial charge in [0.05, 0.1) is 0 Å². The molecule has 2 aromatic carbocycles. The average Bonchev–Trinajstić information content (AvgIpc) is 3.26. The first-order chi connectivity index (χ1) is 9.63. The van der Waals surface area contributed by atoms with Crippen LogP contribution in [0.1, 0.15) is 24.0 Å². The van der Waals surface area contributed by atoms with Crippen molar-refractivity contribution in [2.24, 2.45) is 0 Å². The summed E-state index contributed by atoms with van der Waals surface area (Å²) in [5.41, 5.74) is 1.78. The van der Waals surface area contributed by atoms with Crippen LogP contribution in [0.5, 0.6) is 0 Å². The normalized spacial score (nSPS) is 17.8. The maximum Gasteiger partial charge on any atom is 0.162 e. The fourth-order valence-corrected chi connectivity index (χ4v) is 3.85. The van der Waals surface area contributed by atoms with Crippen molar-refractivity contribution in [2.45, 2.75) is 29.5 Å². The highest BCUT2D eigenvalue weighted by Crippen LogP contribution is 2.54. The van der Waals surface area contributed by atoms with Crippen molar-refractivity contribution in [1.29, 1.82) is 0 Å². The van der Waals surface area contributed by atoms with Crippen molar-refractivity contribution in [2.75, 3.05) is 0 Å². The van der Waals surface area contributed by atoms with Crippen LogP contribution in [-0.2, 0) is 11.8 Å². The largest absolute Gasteiger partial charge is 0.204 e. The number of hydrogen-bond acceptors (Lipinski definition) is 0. The predicted octanol–water partition coefficient (Wildman–Crippen LogP) is 5.00. The van der Waals surface area contributed by atoms with Gasteiger partial charge in [-0.2, -0.15) is 0 Å². The van der Waals surface area contributed by atoms with Gasteiger partial charge in [-0.15, -0.1) is 0 Å². The second-order valence-corrected chi connectivity index (χ2v) is 6.51. The van der Waals surface area contributed by atoms with Gasteiger partial charge < -0.3 is 0 Å². The summed E-state index contributed by atoms with van der Waals surface area (Å²) in [6, 6.07) is 14.7. The molecule has 0 aromatic heterocycles. The van der Waals surface area contributed by atoms with Crippen LogP contribution >= 0.6 is 15.9 Å². The second-order valence-electron chi connectivity index (χ2n) is 5.41. The molecule has 1 aliphatic carbocycles. The molecule has 1 aliphatic rings. The Hall–Kier alpha value is -1.22. The van der Waals surface area contributed by atoms with Crippen molar-refractivity contribution in [3.05, 3.63) is 71.3 Å². The Morgan fingerprint density at radius 2 is 1.70 bits per heavy atom. The third-order valence-electron chi connectivity index (χ3n) is 4.17. The predicted molar refractivity (Wildman–Crippen MR) is 80.1 cm³/mol. The Bertz CT molecular complexity index is 606. The van der Waals surface area contributed by atoms with E-state index in [0.29, 0.717) is 12.0 Å². The Labute approximate surface area is 126 Å². The molecule has 0 N–H and O–H groups in total. The lowest BCUT2D eigenvalue weighted by Gasteiger charge is -2.22. The summed E-state index contributed by atoms with van der Waals surface area (Å²) in [7, 11) is 0. The molecule has 0 saturated heterocycles. The van der Waals surface area contributed by atoms with Crippen LogP contribution in [0, 0.1) is 11.6 Å². The van der Waals surface area contributed by atoms with Crippen molar-refractivity contribution < 1.29 is 8.78 Å². The molecule has 0 bridgehead atoms. The molecule has 3 heteroatoms. The van der Waals surface area contributed by atoms with Crippen molar-refractivity contribution >= 4 is 15.9 Å². The molecule has 1 saturated carbocycles. The first kappa shape index (κ1) is 13.7. The van der Waals surface area contributed by atoms with E-state index in [-0.39, 0.29) is 10.2 Å². The van der Waals surface area contributed by atoms with Gasteiger partial charge in [0.25, 0.3) is 0 Å². The SMILES string of the molecule is Fc1cccc(CC(Br)C2(c3ccccc3)CC2)c1F. The lowest BCUT2D eigenvalue weighted by Crippen LogP contribution is -2.23. The third-order valence-corrected chi connectivity index (χ3v) is 5.37. The maximum atomic E-state index is 13.8. The average molecular weight is 337 g/mol. The Balaban J connectivity index is 1.83. The highest BCUT2D eigenvalue weighted by molar-refractivity contribution is 9.09. The lowest BCUT2D eigenvalue weighted by atomic mass is 9.89. The van der Waals surface area contributed by atoms with E-state index in [2.05, 4.69) is 28.1 Å². The van der Waals surface area contributed by atoms with Crippen LogP contribution in [0.15, 0.2) is 48.5 Å². The number of rotatable bonds is 4. The maximum absolute atomic E-state index is 13.8. The number of halogens is 3. The van der Waals surface area contributed by atoms with Gasteiger partial charge in [0, 0.05) is 10.2 Å². The van der Waals surface area contributed by atoms with Gasteiger partial charge in [-0.3, -0.25) is 0 Å². The standard InChI is InChI=1S/C17H15BrF2/c18-15(11-12-5-4-8-14(19)16(12)20)17(9-10-17)13-6-2-1-3-7-13/h1-8,15H,9-11H2. The molecule has 0 amide bonds. The number of hydrogen-bond donors (Lipinski definition) is 0. The van der Waals surface area contributed by atoms with Gasteiger partial charge in [-0.25, -0.2) is 8.78 Å². The molecule has 104 valence electrons. The fraction of sp³-hybridized carbons (Fsp3) is 0.294. The van der Waals surface area contributed by atoms with Gasteiger partial charge in [0.15, 0.2) is 11.6 Å². The van der Waals surface area contributed by atoms with Gasteiger partial charge >= 0.3 is 0 Å². The zero-order chi connectivity index (χ0) is 14.2. The molecule has 2 aromatic rings. The van der Waals surface area contributed by atoms with E-state index in [9.17, 15) is 8.78 Å². The van der Waals surface area contributed by atoms with E-state index in [4.69, 9.17) is 0 Å². The highest BCUT2D eigenvalue weighted by Gasteiger charge is 2.49. The van der Waals surface area contributed by atoms with Crippen LogP contribution in [0.3, 0.4) is 0 Å². The summed E-state index contributed by atoms with van der Waals surface area (Å²) >= 11 is 3.70. The van der Waals surface area contributed by atoms with E-state index in [1.54, 1.807) is 12.1 Å². The zero-order valence-corrected chi connectivity index (χ0v) is 12.5. The highest BCUT2D eigenvalue weighted by atomic mass is 79.9. The van der Waals surface area contributed by atoms with Crippen molar-refractivity contribution in [3.8, 4) is 0 Å². The second kappa shape index (κ2) is 5.28. The van der Waals surface area contributed by atoms with Crippen LogP contribution in [-0.4, -0.2) is 4.83 Å². The fourth-order valence-electron chi connectivity index (χ4n) is 2.78. The lowest BCUT2D eigenvalue weighted by molar-refractivity contribution is 0.494. The third kappa shape index (κ3) is 2.39. The van der Waals surface area contributed by atoms with Crippen LogP contribution < -0.4 is 0 Å². The summed E-state index contributed by atoms with van der Waals surface area (Å²) in [5, 5.41) is 0. The molecule has 1 fully saturated rings. The van der Waals surface area contributed by atoms with E-state index in [1.807, 2.05) is 18.2 Å². The first-order valence-corrected chi connectivity index (χ1v) is 7.67. The zero-order valence-electron chi connectivity index (χ0n) is 11.0. The molecular formula is C17H15BrF2. The Kier molecular flexibility index (Phi) is 3.63. The van der Waals surface area contributed by atoms with Gasteiger partial charge in [0.2, 0.25) is 0 Å². The molecule has 0 spiro atoms. The minimum Gasteiger partial charge on any atom is -0.204 e. The number of benzene rings is 2. The summed E-state index contributed by atoms with van der Waals surface area (Å²) < 4.78 is 27.1. The summed E-state index contributed by atoms with van der Waals surface area (Å²) in [4.78, 5) is 0.119. The molecule has 0 heterocycles. The summed E-state index contributed by atoms with van der Waals surface area (Å²) in [6.45, 7) is 0. The Morgan fingerprint density at radius 1 is 1.00 bits per heavy atom. The molecule has 1 unspecified atom stereocenters. The van der Waals surface area contributed by atoms with E-state index < -0.39 is 11.6 Å². The minimum absolute atomic E-state index is 0.0695. The molecular weight excluding hydrogens is 322 g/mol. The molecule has 0 radical (unpaired) electrons. The minimum atomic E-state index is -0.772. The smallest absolute Gasteiger partial charge is 0.162 e. The van der Waals surface area contributed by atoms with Gasteiger partial charge in [-0.05, 0) is 36.5 Å². The van der Waals surface area contributed by atoms with Crippen molar-refractivity contribution in [3.63, 3.8) is 0 Å². The first-order valence-electron chi connectivity index (χ1n) is 6.76. The van der Waals surface area contributed by atoms with E-state index in [0.717, 1.165) is 18.9 Å². The summed E-state index contributed by atoms with van der Waals surface area (Å²) in [6.07, 6.45) is 2.67. The molecule has 20 heavy (non-hydrogen) atoms. The quantitative estimate of drug-likeness (QED) is 0.689. The van der Waals surface area contributed by atoms with Crippen LogP contribution in [0.4, 0.5) is 8.78 Å². The monoisotopic (exact) mass is 336 g/mol.